The molecule has 5 heteroatoms. The van der Waals surface area contributed by atoms with Gasteiger partial charge in [-0.3, -0.25) is 4.98 Å². The molecule has 0 amide bonds. The lowest BCUT2D eigenvalue weighted by atomic mass is 9.76. The van der Waals surface area contributed by atoms with Crippen LogP contribution in [0.5, 0.6) is 0 Å². The van der Waals surface area contributed by atoms with Gasteiger partial charge >= 0.3 is 7.12 Å². The second kappa shape index (κ2) is 5.00. The number of aryl methyl sites for hydroxylation is 2. The van der Waals surface area contributed by atoms with Crippen LogP contribution in [0.15, 0.2) is 12.1 Å². The summed E-state index contributed by atoms with van der Waals surface area (Å²) in [5.74, 6) is 0. The van der Waals surface area contributed by atoms with Crippen molar-refractivity contribution in [3.05, 3.63) is 23.5 Å². The highest BCUT2D eigenvalue weighted by Gasteiger charge is 2.39. The van der Waals surface area contributed by atoms with Crippen molar-refractivity contribution in [2.75, 3.05) is 0 Å². The molecule has 0 aliphatic rings. The zero-order valence-electron chi connectivity index (χ0n) is 12.0. The fourth-order valence-electron chi connectivity index (χ4n) is 1.50. The summed E-state index contributed by atoms with van der Waals surface area (Å²) in [4.78, 5) is 4.25. The van der Waals surface area contributed by atoms with Crippen LogP contribution >= 0.6 is 0 Å². The molecule has 2 N–H and O–H groups in total. The fourth-order valence-corrected chi connectivity index (χ4v) is 1.50. The Morgan fingerprint density at radius 3 is 1.94 bits per heavy atom. The summed E-state index contributed by atoms with van der Waals surface area (Å²) in [5.41, 5.74) is 0.391. The molecule has 100 valence electrons. The topological polar surface area (TPSA) is 62.6 Å². The molecule has 0 aliphatic heterocycles. The summed E-state index contributed by atoms with van der Waals surface area (Å²) in [6.45, 7) is 10.5. The van der Waals surface area contributed by atoms with Crippen LogP contribution in [-0.2, 0) is 4.65 Å². The van der Waals surface area contributed by atoms with Crippen molar-refractivity contribution in [2.45, 2.75) is 52.7 Å². The van der Waals surface area contributed by atoms with E-state index in [2.05, 4.69) is 4.98 Å². The fraction of sp³-hybridized carbons (Fsp3) is 0.615. The Kier molecular flexibility index (Phi) is 4.21. The maximum Gasteiger partial charge on any atom is 0.491 e. The van der Waals surface area contributed by atoms with Crippen molar-refractivity contribution in [1.29, 1.82) is 0 Å². The average Bonchev–Trinajstić information content (AvgIpc) is 2.13. The first-order chi connectivity index (χ1) is 8.03. The molecular weight excluding hydrogens is 229 g/mol. The van der Waals surface area contributed by atoms with Gasteiger partial charge in [0, 0.05) is 11.4 Å². The van der Waals surface area contributed by atoms with Crippen LogP contribution in [0.25, 0.3) is 0 Å². The van der Waals surface area contributed by atoms with Crippen LogP contribution in [-0.4, -0.2) is 33.4 Å². The van der Waals surface area contributed by atoms with Crippen LogP contribution in [0, 0.1) is 13.8 Å². The first kappa shape index (κ1) is 15.2. The zero-order valence-corrected chi connectivity index (χ0v) is 12.0. The lowest BCUT2D eigenvalue weighted by Crippen LogP contribution is -2.53. The molecule has 1 aromatic heterocycles. The van der Waals surface area contributed by atoms with Crippen LogP contribution in [0.1, 0.15) is 39.1 Å². The number of pyridine rings is 1. The number of hydrogen-bond acceptors (Lipinski definition) is 4. The minimum Gasteiger partial charge on any atom is -0.423 e. The van der Waals surface area contributed by atoms with E-state index >= 15 is 0 Å². The summed E-state index contributed by atoms with van der Waals surface area (Å²) < 4.78 is 5.58. The average molecular weight is 251 g/mol. The van der Waals surface area contributed by atoms with Gasteiger partial charge in [0.1, 0.15) is 0 Å². The molecule has 18 heavy (non-hydrogen) atoms. The Morgan fingerprint density at radius 2 is 1.56 bits per heavy atom. The highest BCUT2D eigenvalue weighted by atomic mass is 16.5. The highest BCUT2D eigenvalue weighted by Crippen LogP contribution is 2.25. The highest BCUT2D eigenvalue weighted by molar-refractivity contribution is 6.60. The first-order valence-electron chi connectivity index (χ1n) is 6.06. The maximum atomic E-state index is 10.1. The van der Waals surface area contributed by atoms with E-state index in [1.165, 1.54) is 0 Å². The molecule has 0 aliphatic carbocycles. The van der Waals surface area contributed by atoms with E-state index in [1.54, 1.807) is 39.8 Å². The molecule has 0 atom stereocenters. The third-order valence-corrected chi connectivity index (χ3v) is 3.27. The summed E-state index contributed by atoms with van der Waals surface area (Å²) in [6.07, 6.45) is 0. The second-order valence-corrected chi connectivity index (χ2v) is 5.72. The van der Waals surface area contributed by atoms with Gasteiger partial charge in [-0.05, 0) is 59.1 Å². The van der Waals surface area contributed by atoms with Gasteiger partial charge in [0.2, 0.25) is 0 Å². The molecule has 1 rings (SSSR count). The van der Waals surface area contributed by atoms with Gasteiger partial charge in [0.05, 0.1) is 11.2 Å². The van der Waals surface area contributed by atoms with E-state index in [4.69, 9.17) is 4.65 Å². The van der Waals surface area contributed by atoms with Gasteiger partial charge in [-0.25, -0.2) is 0 Å². The maximum absolute atomic E-state index is 10.1. The third-order valence-electron chi connectivity index (χ3n) is 3.27. The van der Waals surface area contributed by atoms with Gasteiger partial charge in [-0.15, -0.1) is 0 Å². The molecule has 0 aromatic carbocycles. The van der Waals surface area contributed by atoms with E-state index in [0.717, 1.165) is 11.4 Å². The van der Waals surface area contributed by atoms with Crippen LogP contribution in [0.2, 0.25) is 0 Å². The Labute approximate surface area is 109 Å². The lowest BCUT2D eigenvalue weighted by Gasteiger charge is -2.38. The second-order valence-electron chi connectivity index (χ2n) is 5.72. The number of nitrogens with zero attached hydrogens (tertiary/aromatic N) is 1. The van der Waals surface area contributed by atoms with Gasteiger partial charge in [0.15, 0.2) is 0 Å². The van der Waals surface area contributed by atoms with E-state index in [9.17, 15) is 10.1 Å². The molecule has 0 radical (unpaired) electrons. The molecule has 0 saturated heterocycles. The van der Waals surface area contributed by atoms with Crippen LogP contribution in [0.4, 0.5) is 0 Å². The molecule has 0 unspecified atom stereocenters. The molecule has 1 aromatic rings. The Bertz CT molecular complexity index is 406. The minimum atomic E-state index is -1.08. The van der Waals surface area contributed by atoms with Crippen molar-refractivity contribution in [2.24, 2.45) is 0 Å². The number of rotatable bonds is 4. The Balaban J connectivity index is 2.92. The molecule has 0 spiro atoms. The van der Waals surface area contributed by atoms with Gasteiger partial charge in [-0.2, -0.15) is 0 Å². The van der Waals surface area contributed by atoms with Crippen LogP contribution < -0.4 is 5.46 Å². The molecular formula is C13H22BNO3. The summed E-state index contributed by atoms with van der Waals surface area (Å²) in [6, 6.07) is 3.55. The first-order valence-corrected chi connectivity index (χ1v) is 6.06. The van der Waals surface area contributed by atoms with Gasteiger partial charge < -0.3 is 14.8 Å². The van der Waals surface area contributed by atoms with Gasteiger partial charge in [0.25, 0.3) is 0 Å². The van der Waals surface area contributed by atoms with Gasteiger partial charge in [-0.1, -0.05) is 0 Å². The normalized spacial score (nSPS) is 12.7. The molecule has 1 heterocycles. The van der Waals surface area contributed by atoms with E-state index < -0.39 is 18.3 Å². The van der Waals surface area contributed by atoms with Crippen molar-refractivity contribution in [1.82, 2.24) is 4.98 Å². The monoisotopic (exact) mass is 251 g/mol. The summed E-state index contributed by atoms with van der Waals surface area (Å²) in [7, 11) is -1.08. The smallest absolute Gasteiger partial charge is 0.423 e. The van der Waals surface area contributed by atoms with Crippen molar-refractivity contribution < 1.29 is 14.8 Å². The number of aliphatic hydroxyl groups is 1. The number of hydrogen-bond donors (Lipinski definition) is 2. The van der Waals surface area contributed by atoms with Crippen molar-refractivity contribution in [3.63, 3.8) is 0 Å². The summed E-state index contributed by atoms with van der Waals surface area (Å²) >= 11 is 0. The van der Waals surface area contributed by atoms with Crippen molar-refractivity contribution in [3.8, 4) is 0 Å². The van der Waals surface area contributed by atoms with E-state index in [0.29, 0.717) is 5.46 Å². The predicted molar refractivity (Wildman–Crippen MR) is 72.8 cm³/mol. The molecule has 0 saturated carbocycles. The lowest BCUT2D eigenvalue weighted by molar-refractivity contribution is -0.0982. The SMILES string of the molecule is Cc1cc(B(O)OC(C)(C)C(C)(C)O)cc(C)n1. The Hall–Kier alpha value is -0.905. The zero-order chi connectivity index (χ0) is 14.1. The molecule has 4 nitrogen and oxygen atoms in total. The van der Waals surface area contributed by atoms with E-state index in [1.807, 2.05) is 13.8 Å². The number of aromatic nitrogens is 1. The third kappa shape index (κ3) is 3.54. The quantitative estimate of drug-likeness (QED) is 0.782. The minimum absolute atomic E-state index is 0.650. The summed E-state index contributed by atoms with van der Waals surface area (Å²) in [5, 5.41) is 20.1. The largest absolute Gasteiger partial charge is 0.491 e. The molecule has 0 fully saturated rings. The standard InChI is InChI=1S/C13H22BNO3/c1-9-7-11(8-10(2)15-9)14(17)18-13(5,6)12(3,4)16/h7-8,16-17H,1-6H3. The van der Waals surface area contributed by atoms with E-state index in [-0.39, 0.29) is 0 Å². The Morgan fingerprint density at radius 1 is 1.11 bits per heavy atom. The predicted octanol–water partition coefficient (Wildman–Crippen LogP) is 0.952. The van der Waals surface area contributed by atoms with Crippen molar-refractivity contribution >= 4 is 12.6 Å². The van der Waals surface area contributed by atoms with Crippen LogP contribution in [0.3, 0.4) is 0 Å². The molecule has 0 bridgehead atoms.